The van der Waals surface area contributed by atoms with E-state index in [-0.39, 0.29) is 36.6 Å². The number of aliphatic hydroxyl groups is 2. The van der Waals surface area contributed by atoms with Gasteiger partial charge in [0.25, 0.3) is 0 Å². The fourth-order valence-corrected chi connectivity index (χ4v) is 6.90. The largest absolute Gasteiger partial charge is 0.438 e. The lowest BCUT2D eigenvalue weighted by Gasteiger charge is -2.50. The van der Waals surface area contributed by atoms with E-state index < -0.39 is 23.2 Å². The summed E-state index contributed by atoms with van der Waals surface area (Å²) in [5.41, 5.74) is -1.18. The summed E-state index contributed by atoms with van der Waals surface area (Å²) in [5, 5.41) is 23.0. The molecule has 6 heteroatoms. The van der Waals surface area contributed by atoms with Crippen LogP contribution in [0.25, 0.3) is 0 Å². The summed E-state index contributed by atoms with van der Waals surface area (Å²) in [5.74, 6) is 0.463. The Bertz CT molecular complexity index is 757. The van der Waals surface area contributed by atoms with E-state index in [1.54, 1.807) is 6.92 Å². The molecule has 2 bridgehead atoms. The second-order valence-electron chi connectivity index (χ2n) is 9.72. The highest BCUT2D eigenvalue weighted by molar-refractivity contribution is 6.18. The summed E-state index contributed by atoms with van der Waals surface area (Å²) in [6, 6.07) is 0. The lowest BCUT2D eigenvalue weighted by atomic mass is 9.59. The van der Waals surface area contributed by atoms with Crippen LogP contribution in [0.5, 0.6) is 0 Å². The standard InChI is InChI=1S/C20H27BO5/c1-9-7-19-10(2)5-13-14(18(13,3)4)12(16(19)23)6-11-8-25-21-26-17(11)20(19,24)15(9)22/h6-7,10,12-15,17,21-22,24H,5,8H2,1-4H3/t10?,12?,13?,14?,15?,17?,19-,20?/m0/s1. The number of hydrogen-bond donors (Lipinski definition) is 2. The minimum absolute atomic E-state index is 0.0481. The van der Waals surface area contributed by atoms with Gasteiger partial charge in [0, 0.05) is 5.92 Å². The third-order valence-corrected chi connectivity index (χ3v) is 8.30. The van der Waals surface area contributed by atoms with Gasteiger partial charge in [0.2, 0.25) is 0 Å². The topological polar surface area (TPSA) is 76.0 Å². The maximum atomic E-state index is 14.0. The molecule has 5 rings (SSSR count). The van der Waals surface area contributed by atoms with Crippen LogP contribution in [0.3, 0.4) is 0 Å². The zero-order valence-corrected chi connectivity index (χ0v) is 15.9. The minimum atomic E-state index is -1.67. The molecule has 1 aliphatic heterocycles. The predicted molar refractivity (Wildman–Crippen MR) is 96.2 cm³/mol. The first-order valence-electron chi connectivity index (χ1n) is 9.71. The van der Waals surface area contributed by atoms with Crippen LogP contribution in [-0.4, -0.2) is 48.1 Å². The number of carbonyl (C=O) groups excluding carboxylic acids is 1. The molecule has 0 aromatic carbocycles. The van der Waals surface area contributed by atoms with E-state index in [0.29, 0.717) is 18.1 Å². The van der Waals surface area contributed by atoms with Crippen LogP contribution in [0.2, 0.25) is 0 Å². The highest BCUT2D eigenvalue weighted by Gasteiger charge is 2.76. The number of fused-ring (bicyclic) bond motifs is 5. The van der Waals surface area contributed by atoms with E-state index in [9.17, 15) is 15.0 Å². The average molecular weight is 358 g/mol. The molecule has 2 saturated carbocycles. The Balaban J connectivity index is 1.78. The third-order valence-electron chi connectivity index (χ3n) is 8.30. The molecular formula is C20H27BO5. The van der Waals surface area contributed by atoms with E-state index in [0.717, 1.165) is 12.0 Å². The van der Waals surface area contributed by atoms with Gasteiger partial charge in [-0.2, -0.15) is 0 Å². The predicted octanol–water partition coefficient (Wildman–Crippen LogP) is 1.14. The number of ketones is 1. The fourth-order valence-electron chi connectivity index (χ4n) is 6.90. The summed E-state index contributed by atoms with van der Waals surface area (Å²) in [4.78, 5) is 14.0. The SMILES string of the molecule is CC1=C[C@]23C(=O)C(C=C4COBOC4C2(O)C1O)C1C(CC3C)C1(C)C. The molecule has 0 amide bonds. The van der Waals surface area contributed by atoms with Gasteiger partial charge in [0.15, 0.2) is 5.78 Å². The van der Waals surface area contributed by atoms with Gasteiger partial charge < -0.3 is 19.5 Å². The summed E-state index contributed by atoms with van der Waals surface area (Å²) in [7, 11) is 0.0664. The smallest absolute Gasteiger partial charge is 0.410 e. The monoisotopic (exact) mass is 358 g/mol. The first kappa shape index (κ1) is 17.2. The molecule has 3 fully saturated rings. The van der Waals surface area contributed by atoms with Crippen LogP contribution in [0.15, 0.2) is 23.3 Å². The number of Topliss-reactive ketones (excluding diaryl/α,β-unsaturated/α-hetero) is 1. The van der Waals surface area contributed by atoms with Gasteiger partial charge in [-0.3, -0.25) is 4.79 Å². The molecule has 8 atom stereocenters. The summed E-state index contributed by atoms with van der Waals surface area (Å²) in [6.07, 6.45) is 2.93. The first-order chi connectivity index (χ1) is 12.2. The van der Waals surface area contributed by atoms with Crippen LogP contribution in [0, 0.1) is 34.5 Å². The van der Waals surface area contributed by atoms with E-state index >= 15 is 0 Å². The summed E-state index contributed by atoms with van der Waals surface area (Å²) < 4.78 is 11.3. The number of allylic oxidation sites excluding steroid dienone is 1. The van der Waals surface area contributed by atoms with Gasteiger partial charge in [0.1, 0.15) is 11.7 Å². The van der Waals surface area contributed by atoms with Crippen molar-refractivity contribution in [3.05, 3.63) is 23.3 Å². The van der Waals surface area contributed by atoms with Crippen molar-refractivity contribution < 1.29 is 24.3 Å². The molecule has 1 heterocycles. The van der Waals surface area contributed by atoms with Crippen molar-refractivity contribution in [2.45, 2.75) is 51.9 Å². The molecule has 4 aliphatic carbocycles. The lowest BCUT2D eigenvalue weighted by Crippen LogP contribution is -2.66. The van der Waals surface area contributed by atoms with Crippen molar-refractivity contribution in [3.8, 4) is 0 Å². The van der Waals surface area contributed by atoms with E-state index in [2.05, 4.69) is 20.8 Å². The van der Waals surface area contributed by atoms with E-state index in [1.807, 2.05) is 12.2 Å². The van der Waals surface area contributed by atoms with Crippen molar-refractivity contribution in [1.29, 1.82) is 0 Å². The van der Waals surface area contributed by atoms with Gasteiger partial charge in [-0.05, 0) is 47.7 Å². The van der Waals surface area contributed by atoms with Gasteiger partial charge in [-0.25, -0.2) is 0 Å². The average Bonchev–Trinajstić information content (AvgIpc) is 3.10. The normalized spacial score (nSPS) is 53.8. The molecule has 5 nitrogen and oxygen atoms in total. The Morgan fingerprint density at radius 3 is 2.81 bits per heavy atom. The Morgan fingerprint density at radius 1 is 1.35 bits per heavy atom. The number of carbonyl (C=O) groups is 1. The highest BCUT2D eigenvalue weighted by atomic mass is 16.6. The Hall–Kier alpha value is -0.945. The molecule has 0 radical (unpaired) electrons. The molecule has 26 heavy (non-hydrogen) atoms. The number of aliphatic hydroxyl groups excluding tert-OH is 1. The molecule has 0 aromatic heterocycles. The second-order valence-corrected chi connectivity index (χ2v) is 9.72. The van der Waals surface area contributed by atoms with Gasteiger partial charge in [0.05, 0.1) is 18.1 Å². The number of hydrogen-bond acceptors (Lipinski definition) is 5. The van der Waals surface area contributed by atoms with Crippen LogP contribution in [-0.2, 0) is 14.1 Å². The van der Waals surface area contributed by atoms with Crippen LogP contribution in [0.4, 0.5) is 0 Å². The maximum Gasteiger partial charge on any atom is 0.438 e. The zero-order chi connectivity index (χ0) is 18.6. The van der Waals surface area contributed by atoms with E-state index in [4.69, 9.17) is 9.31 Å². The maximum absolute atomic E-state index is 14.0. The second kappa shape index (κ2) is 4.91. The van der Waals surface area contributed by atoms with Gasteiger partial charge in [-0.15, -0.1) is 0 Å². The quantitative estimate of drug-likeness (QED) is 0.502. The molecule has 5 aliphatic rings. The van der Waals surface area contributed by atoms with E-state index in [1.165, 1.54) is 0 Å². The Kier molecular flexibility index (Phi) is 3.24. The molecule has 2 N–H and O–H groups in total. The molecule has 7 unspecified atom stereocenters. The summed E-state index contributed by atoms with van der Waals surface area (Å²) >= 11 is 0. The highest BCUT2D eigenvalue weighted by Crippen LogP contribution is 2.71. The van der Waals surface area contributed by atoms with Crippen molar-refractivity contribution >= 4 is 13.5 Å². The van der Waals surface area contributed by atoms with Crippen LogP contribution in [0.1, 0.15) is 34.1 Å². The summed E-state index contributed by atoms with van der Waals surface area (Å²) in [6.45, 7) is 8.69. The lowest BCUT2D eigenvalue weighted by molar-refractivity contribution is -0.189. The van der Waals surface area contributed by atoms with Gasteiger partial charge in [-0.1, -0.05) is 32.9 Å². The fraction of sp³-hybridized carbons (Fsp3) is 0.750. The first-order valence-corrected chi connectivity index (χ1v) is 9.71. The molecule has 0 aromatic rings. The molecule has 140 valence electrons. The molecule has 1 saturated heterocycles. The third kappa shape index (κ3) is 1.67. The molecule has 1 spiro atoms. The van der Waals surface area contributed by atoms with Crippen molar-refractivity contribution in [1.82, 2.24) is 0 Å². The van der Waals surface area contributed by atoms with Crippen LogP contribution >= 0.6 is 0 Å². The van der Waals surface area contributed by atoms with Crippen molar-refractivity contribution in [2.24, 2.45) is 34.5 Å². The van der Waals surface area contributed by atoms with Crippen molar-refractivity contribution in [3.63, 3.8) is 0 Å². The van der Waals surface area contributed by atoms with Crippen molar-refractivity contribution in [2.75, 3.05) is 6.61 Å². The Morgan fingerprint density at radius 2 is 2.08 bits per heavy atom. The minimum Gasteiger partial charge on any atom is -0.410 e. The van der Waals surface area contributed by atoms with Crippen LogP contribution < -0.4 is 0 Å². The number of rotatable bonds is 0. The van der Waals surface area contributed by atoms with Gasteiger partial charge >= 0.3 is 7.69 Å². The Labute approximate surface area is 154 Å². The molecular weight excluding hydrogens is 331 g/mol. The zero-order valence-electron chi connectivity index (χ0n) is 15.9.